The molecule has 0 unspecified atom stereocenters. The van der Waals surface area contributed by atoms with E-state index in [1.54, 1.807) is 24.3 Å². The van der Waals surface area contributed by atoms with Gasteiger partial charge in [-0.15, -0.1) is 0 Å². The molecule has 18 heavy (non-hydrogen) atoms. The molecule has 0 aliphatic heterocycles. The molecule has 0 atom stereocenters. The Hall–Kier alpha value is -1.90. The van der Waals surface area contributed by atoms with Crippen molar-refractivity contribution in [3.8, 4) is 6.07 Å². The predicted molar refractivity (Wildman–Crippen MR) is 66.0 cm³/mol. The van der Waals surface area contributed by atoms with Crippen LogP contribution in [0.25, 0.3) is 0 Å². The van der Waals surface area contributed by atoms with Crippen LogP contribution < -0.4 is 5.32 Å². The molecule has 96 valence electrons. The standard InChI is InChI=1S/C13H16N2O3/c14-10-11-3-1-4-12(9-11)13(17)15-5-2-7-18-8-6-16/h1,3-4,9,16H,2,5-8H2,(H,15,17). The molecule has 0 saturated heterocycles. The van der Waals surface area contributed by atoms with Gasteiger partial charge in [-0.05, 0) is 24.6 Å². The van der Waals surface area contributed by atoms with Gasteiger partial charge >= 0.3 is 0 Å². The predicted octanol–water partition coefficient (Wildman–Crippen LogP) is 0.687. The molecule has 2 N–H and O–H groups in total. The number of rotatable bonds is 7. The molecule has 1 aromatic carbocycles. The van der Waals surface area contributed by atoms with Crippen LogP contribution in [0, 0.1) is 11.3 Å². The molecule has 1 rings (SSSR count). The van der Waals surface area contributed by atoms with Gasteiger partial charge in [0, 0.05) is 18.7 Å². The average molecular weight is 248 g/mol. The lowest BCUT2D eigenvalue weighted by atomic mass is 10.1. The number of carbonyl (C=O) groups is 1. The Balaban J connectivity index is 2.30. The van der Waals surface area contributed by atoms with Gasteiger partial charge in [-0.3, -0.25) is 4.79 Å². The molecule has 0 saturated carbocycles. The highest BCUT2D eigenvalue weighted by Gasteiger charge is 2.04. The third-order valence-corrected chi connectivity index (χ3v) is 2.24. The molecular formula is C13H16N2O3. The number of aliphatic hydroxyl groups is 1. The summed E-state index contributed by atoms with van der Waals surface area (Å²) in [6.07, 6.45) is 0.684. The quantitative estimate of drug-likeness (QED) is 0.695. The van der Waals surface area contributed by atoms with Crippen molar-refractivity contribution in [2.24, 2.45) is 0 Å². The minimum Gasteiger partial charge on any atom is -0.394 e. The van der Waals surface area contributed by atoms with Crippen molar-refractivity contribution in [2.75, 3.05) is 26.4 Å². The van der Waals surface area contributed by atoms with E-state index in [0.717, 1.165) is 0 Å². The molecule has 0 spiro atoms. The number of carbonyl (C=O) groups excluding carboxylic acids is 1. The highest BCUT2D eigenvalue weighted by molar-refractivity contribution is 5.94. The van der Waals surface area contributed by atoms with Crippen LogP contribution in [0.3, 0.4) is 0 Å². The first kappa shape index (κ1) is 14.2. The first-order valence-corrected chi connectivity index (χ1v) is 5.75. The number of hydrogen-bond donors (Lipinski definition) is 2. The highest BCUT2D eigenvalue weighted by atomic mass is 16.5. The minimum absolute atomic E-state index is 0.00725. The Morgan fingerprint density at radius 3 is 3.00 bits per heavy atom. The smallest absolute Gasteiger partial charge is 0.251 e. The van der Waals surface area contributed by atoms with Gasteiger partial charge < -0.3 is 15.2 Å². The lowest BCUT2D eigenvalue weighted by Gasteiger charge is -2.05. The van der Waals surface area contributed by atoms with Gasteiger partial charge in [-0.1, -0.05) is 6.07 Å². The average Bonchev–Trinajstić information content (AvgIpc) is 2.42. The van der Waals surface area contributed by atoms with Gasteiger partial charge in [0.2, 0.25) is 0 Å². The maximum absolute atomic E-state index is 11.7. The summed E-state index contributed by atoms with van der Waals surface area (Å²) in [5.41, 5.74) is 0.944. The Labute approximate surface area is 106 Å². The van der Waals surface area contributed by atoms with Crippen molar-refractivity contribution in [3.05, 3.63) is 35.4 Å². The van der Waals surface area contributed by atoms with E-state index in [2.05, 4.69) is 5.32 Å². The van der Waals surface area contributed by atoms with Crippen LogP contribution in [0.1, 0.15) is 22.3 Å². The third-order valence-electron chi connectivity index (χ3n) is 2.24. The van der Waals surface area contributed by atoms with Crippen molar-refractivity contribution in [1.29, 1.82) is 5.26 Å². The molecule has 0 aliphatic rings. The van der Waals surface area contributed by atoms with Crippen LogP contribution in [-0.4, -0.2) is 37.4 Å². The minimum atomic E-state index is -0.200. The second kappa shape index (κ2) is 8.23. The lowest BCUT2D eigenvalue weighted by Crippen LogP contribution is -2.25. The summed E-state index contributed by atoms with van der Waals surface area (Å²) in [6.45, 7) is 1.32. The van der Waals surface area contributed by atoms with E-state index in [1.165, 1.54) is 0 Å². The Kier molecular flexibility index (Phi) is 6.47. The normalized spacial score (nSPS) is 9.78. The topological polar surface area (TPSA) is 82.4 Å². The Morgan fingerprint density at radius 1 is 1.44 bits per heavy atom. The fourth-order valence-corrected chi connectivity index (χ4v) is 1.37. The van der Waals surface area contributed by atoms with Crippen LogP contribution in [0.4, 0.5) is 0 Å². The molecule has 0 aliphatic carbocycles. The lowest BCUT2D eigenvalue weighted by molar-refractivity contribution is 0.0867. The van der Waals surface area contributed by atoms with E-state index < -0.39 is 0 Å². The van der Waals surface area contributed by atoms with Crippen LogP contribution in [0.5, 0.6) is 0 Å². The summed E-state index contributed by atoms with van der Waals surface area (Å²) >= 11 is 0. The van der Waals surface area contributed by atoms with E-state index in [1.807, 2.05) is 6.07 Å². The molecule has 0 radical (unpaired) electrons. The van der Waals surface area contributed by atoms with Gasteiger partial charge in [-0.2, -0.15) is 5.26 Å². The summed E-state index contributed by atoms with van der Waals surface area (Å²) in [6, 6.07) is 8.54. The van der Waals surface area contributed by atoms with Crippen LogP contribution in [-0.2, 0) is 4.74 Å². The van der Waals surface area contributed by atoms with E-state index in [0.29, 0.717) is 37.3 Å². The summed E-state index contributed by atoms with van der Waals surface area (Å²) < 4.78 is 5.06. The van der Waals surface area contributed by atoms with Crippen molar-refractivity contribution in [1.82, 2.24) is 5.32 Å². The molecule has 1 amide bonds. The number of aliphatic hydroxyl groups excluding tert-OH is 1. The van der Waals surface area contributed by atoms with Crippen molar-refractivity contribution >= 4 is 5.91 Å². The van der Waals surface area contributed by atoms with Gasteiger partial charge in [0.25, 0.3) is 5.91 Å². The summed E-state index contributed by atoms with van der Waals surface area (Å²) in [7, 11) is 0. The number of benzene rings is 1. The first-order valence-electron chi connectivity index (χ1n) is 5.75. The van der Waals surface area contributed by atoms with Crippen molar-refractivity contribution in [3.63, 3.8) is 0 Å². The van der Waals surface area contributed by atoms with Crippen molar-refractivity contribution < 1.29 is 14.6 Å². The van der Waals surface area contributed by atoms with Gasteiger partial charge in [0.15, 0.2) is 0 Å². The van der Waals surface area contributed by atoms with Crippen LogP contribution >= 0.6 is 0 Å². The Morgan fingerprint density at radius 2 is 2.28 bits per heavy atom. The number of ether oxygens (including phenoxy) is 1. The molecule has 0 aromatic heterocycles. The number of nitriles is 1. The molecule has 0 heterocycles. The number of hydrogen-bond acceptors (Lipinski definition) is 4. The number of nitrogens with one attached hydrogen (secondary N) is 1. The number of amides is 1. The fraction of sp³-hybridized carbons (Fsp3) is 0.385. The largest absolute Gasteiger partial charge is 0.394 e. The SMILES string of the molecule is N#Cc1cccc(C(=O)NCCCOCCO)c1. The highest BCUT2D eigenvalue weighted by Crippen LogP contribution is 2.03. The monoisotopic (exact) mass is 248 g/mol. The number of nitrogens with zero attached hydrogens (tertiary/aromatic N) is 1. The van der Waals surface area contributed by atoms with Crippen LogP contribution in [0.15, 0.2) is 24.3 Å². The molecule has 0 fully saturated rings. The van der Waals surface area contributed by atoms with Gasteiger partial charge in [-0.25, -0.2) is 0 Å². The molecule has 5 heteroatoms. The first-order chi connectivity index (χ1) is 8.77. The van der Waals surface area contributed by atoms with Gasteiger partial charge in [0.05, 0.1) is 24.8 Å². The van der Waals surface area contributed by atoms with Gasteiger partial charge in [0.1, 0.15) is 0 Å². The maximum atomic E-state index is 11.7. The zero-order valence-electron chi connectivity index (χ0n) is 10.1. The second-order valence-electron chi connectivity index (χ2n) is 3.64. The summed E-state index contributed by atoms with van der Waals surface area (Å²) in [5, 5.41) is 19.9. The summed E-state index contributed by atoms with van der Waals surface area (Å²) in [5.74, 6) is -0.200. The Bertz CT molecular complexity index is 426. The van der Waals surface area contributed by atoms with Crippen molar-refractivity contribution in [2.45, 2.75) is 6.42 Å². The molecule has 1 aromatic rings. The summed E-state index contributed by atoms with van der Waals surface area (Å²) in [4.78, 5) is 11.7. The molecule has 5 nitrogen and oxygen atoms in total. The third kappa shape index (κ3) is 4.95. The second-order valence-corrected chi connectivity index (χ2v) is 3.64. The van der Waals surface area contributed by atoms with Crippen LogP contribution in [0.2, 0.25) is 0 Å². The van der Waals surface area contributed by atoms with E-state index >= 15 is 0 Å². The maximum Gasteiger partial charge on any atom is 0.251 e. The zero-order chi connectivity index (χ0) is 13.2. The fourth-order valence-electron chi connectivity index (χ4n) is 1.37. The molecular weight excluding hydrogens is 232 g/mol. The van der Waals surface area contributed by atoms with E-state index in [9.17, 15) is 4.79 Å². The van der Waals surface area contributed by atoms with E-state index in [4.69, 9.17) is 15.1 Å². The van der Waals surface area contributed by atoms with E-state index in [-0.39, 0.29) is 12.5 Å². The zero-order valence-corrected chi connectivity index (χ0v) is 10.1. The molecule has 0 bridgehead atoms.